The number of ether oxygens (including phenoxy) is 1. The van der Waals surface area contributed by atoms with Gasteiger partial charge in [0.05, 0.1) is 6.54 Å². The number of likely N-dealkylation sites (tertiary alicyclic amines) is 1. The van der Waals surface area contributed by atoms with E-state index in [1.165, 1.54) is 11.3 Å². The lowest BCUT2D eigenvalue weighted by Crippen LogP contribution is -2.49. The van der Waals surface area contributed by atoms with Crippen molar-refractivity contribution in [3.8, 4) is 5.75 Å². The third-order valence-electron chi connectivity index (χ3n) is 5.67. The molecule has 0 unspecified atom stereocenters. The fourth-order valence-corrected chi connectivity index (χ4v) is 4.07. The number of amides is 2. The molecule has 0 radical (unpaired) electrons. The van der Waals surface area contributed by atoms with Crippen LogP contribution in [0.2, 0.25) is 0 Å². The predicted octanol–water partition coefficient (Wildman–Crippen LogP) is 3.83. The number of aryl methyl sites for hydroxylation is 1. The van der Waals surface area contributed by atoms with Gasteiger partial charge in [0.1, 0.15) is 11.9 Å². The second-order valence-corrected chi connectivity index (χ2v) is 7.84. The van der Waals surface area contributed by atoms with Crippen molar-refractivity contribution in [2.24, 2.45) is 0 Å². The molecule has 148 valence electrons. The van der Waals surface area contributed by atoms with E-state index >= 15 is 0 Å². The third kappa shape index (κ3) is 4.58. The van der Waals surface area contributed by atoms with Crippen molar-refractivity contribution in [1.82, 2.24) is 10.2 Å². The molecule has 5 nitrogen and oxygen atoms in total. The van der Waals surface area contributed by atoms with E-state index in [2.05, 4.69) is 41.4 Å². The van der Waals surface area contributed by atoms with Gasteiger partial charge in [-0.05, 0) is 49.6 Å². The first-order chi connectivity index (χ1) is 13.7. The highest BCUT2D eigenvalue weighted by Crippen LogP contribution is 2.22. The Morgan fingerprint density at radius 3 is 2.54 bits per heavy atom. The van der Waals surface area contributed by atoms with Crippen LogP contribution in [0.1, 0.15) is 24.8 Å². The maximum Gasteiger partial charge on any atom is 0.317 e. The highest BCUT2D eigenvalue weighted by Gasteiger charge is 2.29. The van der Waals surface area contributed by atoms with Crippen molar-refractivity contribution in [1.29, 1.82) is 0 Å². The molecule has 4 rings (SSSR count). The van der Waals surface area contributed by atoms with Crippen molar-refractivity contribution < 1.29 is 9.53 Å². The zero-order valence-electron chi connectivity index (χ0n) is 16.5. The van der Waals surface area contributed by atoms with Gasteiger partial charge in [-0.1, -0.05) is 30.3 Å². The lowest BCUT2D eigenvalue weighted by Gasteiger charge is -2.34. The van der Waals surface area contributed by atoms with Crippen LogP contribution in [0.15, 0.2) is 54.6 Å². The molecule has 1 N–H and O–H groups in total. The van der Waals surface area contributed by atoms with E-state index < -0.39 is 0 Å². The molecule has 1 atom stereocenters. The summed E-state index contributed by atoms with van der Waals surface area (Å²) in [6, 6.07) is 18.8. The molecule has 2 heterocycles. The normalized spacial score (nSPS) is 20.2. The van der Waals surface area contributed by atoms with Crippen molar-refractivity contribution in [3.63, 3.8) is 0 Å². The molecule has 0 spiro atoms. The number of rotatable bonds is 4. The summed E-state index contributed by atoms with van der Waals surface area (Å²) in [5.74, 6) is 0.873. The van der Waals surface area contributed by atoms with Crippen LogP contribution in [0.3, 0.4) is 0 Å². The van der Waals surface area contributed by atoms with E-state index in [0.717, 1.165) is 44.6 Å². The molecular formula is C23H29N3O2. The fourth-order valence-electron chi connectivity index (χ4n) is 4.07. The molecule has 2 aromatic carbocycles. The number of carbonyl (C=O) groups excluding carboxylic acids is 1. The quantitative estimate of drug-likeness (QED) is 0.878. The van der Waals surface area contributed by atoms with Gasteiger partial charge in [0.15, 0.2) is 0 Å². The number of nitrogens with one attached hydrogen (secondary N) is 1. The van der Waals surface area contributed by atoms with Gasteiger partial charge in [-0.2, -0.15) is 0 Å². The molecule has 0 aliphatic carbocycles. The Morgan fingerprint density at radius 1 is 1.00 bits per heavy atom. The first-order valence-corrected chi connectivity index (χ1v) is 10.3. The van der Waals surface area contributed by atoms with Gasteiger partial charge in [0, 0.05) is 37.8 Å². The van der Waals surface area contributed by atoms with Crippen molar-refractivity contribution in [3.05, 3.63) is 60.2 Å². The Kier molecular flexibility index (Phi) is 5.70. The SMILES string of the molecule is Cc1cccc(N2CCC(NC(=O)N3CC[C@H](Oc4ccccc4)C3)CC2)c1. The molecule has 2 amide bonds. The van der Waals surface area contributed by atoms with Crippen LogP contribution >= 0.6 is 0 Å². The summed E-state index contributed by atoms with van der Waals surface area (Å²) >= 11 is 0. The largest absolute Gasteiger partial charge is 0.489 e. The number of hydrogen-bond acceptors (Lipinski definition) is 3. The summed E-state index contributed by atoms with van der Waals surface area (Å²) in [5.41, 5.74) is 2.57. The third-order valence-corrected chi connectivity index (χ3v) is 5.67. The maximum atomic E-state index is 12.7. The number of anilines is 1. The zero-order chi connectivity index (χ0) is 19.3. The second-order valence-electron chi connectivity index (χ2n) is 7.84. The molecule has 2 saturated heterocycles. The summed E-state index contributed by atoms with van der Waals surface area (Å²) in [7, 11) is 0. The van der Waals surface area contributed by atoms with Crippen molar-refractivity contribution in [2.75, 3.05) is 31.1 Å². The van der Waals surface area contributed by atoms with Crippen LogP contribution in [0, 0.1) is 6.92 Å². The molecule has 5 heteroatoms. The molecule has 28 heavy (non-hydrogen) atoms. The van der Waals surface area contributed by atoms with E-state index in [-0.39, 0.29) is 18.2 Å². The summed E-state index contributed by atoms with van der Waals surface area (Å²) in [4.78, 5) is 17.0. The minimum Gasteiger partial charge on any atom is -0.489 e. The molecule has 0 saturated carbocycles. The van der Waals surface area contributed by atoms with Gasteiger partial charge in [-0.3, -0.25) is 0 Å². The lowest BCUT2D eigenvalue weighted by atomic mass is 10.0. The number of para-hydroxylation sites is 1. The number of piperidine rings is 1. The first kappa shape index (κ1) is 18.7. The van der Waals surface area contributed by atoms with Crippen LogP contribution in [0.4, 0.5) is 10.5 Å². The summed E-state index contributed by atoms with van der Waals surface area (Å²) < 4.78 is 5.99. The van der Waals surface area contributed by atoms with Crippen molar-refractivity contribution in [2.45, 2.75) is 38.3 Å². The zero-order valence-corrected chi connectivity index (χ0v) is 16.5. The fraction of sp³-hybridized carbons (Fsp3) is 0.435. The van der Waals surface area contributed by atoms with Crippen LogP contribution in [0.25, 0.3) is 0 Å². The molecule has 2 fully saturated rings. The van der Waals surface area contributed by atoms with E-state index in [9.17, 15) is 4.79 Å². The van der Waals surface area contributed by atoms with Crippen LogP contribution < -0.4 is 15.0 Å². The number of urea groups is 1. The number of nitrogens with zero attached hydrogens (tertiary/aromatic N) is 2. The van der Waals surface area contributed by atoms with E-state index in [1.807, 2.05) is 35.2 Å². The number of hydrogen-bond donors (Lipinski definition) is 1. The number of benzene rings is 2. The van der Waals surface area contributed by atoms with Gasteiger partial charge in [-0.25, -0.2) is 4.79 Å². The highest BCUT2D eigenvalue weighted by molar-refractivity contribution is 5.75. The molecule has 2 aliphatic rings. The highest BCUT2D eigenvalue weighted by atomic mass is 16.5. The summed E-state index contributed by atoms with van der Waals surface area (Å²) in [6.07, 6.45) is 2.93. The minimum atomic E-state index is 0.0492. The van der Waals surface area contributed by atoms with Gasteiger partial charge < -0.3 is 19.9 Å². The Balaban J connectivity index is 1.23. The average molecular weight is 380 g/mol. The van der Waals surface area contributed by atoms with Gasteiger partial charge in [-0.15, -0.1) is 0 Å². The van der Waals surface area contributed by atoms with E-state index in [1.54, 1.807) is 0 Å². The average Bonchev–Trinajstić information content (AvgIpc) is 3.18. The smallest absolute Gasteiger partial charge is 0.317 e. The molecular weight excluding hydrogens is 350 g/mol. The molecule has 0 bridgehead atoms. The first-order valence-electron chi connectivity index (χ1n) is 10.3. The topological polar surface area (TPSA) is 44.8 Å². The Labute approximate surface area is 167 Å². The van der Waals surface area contributed by atoms with Crippen LogP contribution in [0.5, 0.6) is 5.75 Å². The van der Waals surface area contributed by atoms with Crippen LogP contribution in [-0.2, 0) is 0 Å². The van der Waals surface area contributed by atoms with Crippen molar-refractivity contribution >= 4 is 11.7 Å². The van der Waals surface area contributed by atoms with Gasteiger partial charge in [0.25, 0.3) is 0 Å². The summed E-state index contributed by atoms with van der Waals surface area (Å²) in [5, 5.41) is 3.23. The Morgan fingerprint density at radius 2 is 1.79 bits per heavy atom. The van der Waals surface area contributed by atoms with Crippen LogP contribution in [-0.4, -0.2) is 49.3 Å². The predicted molar refractivity (Wildman–Crippen MR) is 112 cm³/mol. The standard InChI is InChI=1S/C23H29N3O2/c1-18-6-5-7-20(16-18)25-13-10-19(11-14-25)24-23(27)26-15-12-22(17-26)28-21-8-3-2-4-9-21/h2-9,16,19,22H,10-15,17H2,1H3,(H,24,27)/t22-/m0/s1. The molecule has 2 aliphatic heterocycles. The van der Waals surface area contributed by atoms with E-state index in [0.29, 0.717) is 6.54 Å². The monoisotopic (exact) mass is 379 g/mol. The Hall–Kier alpha value is -2.69. The van der Waals surface area contributed by atoms with Gasteiger partial charge in [0.2, 0.25) is 0 Å². The van der Waals surface area contributed by atoms with E-state index in [4.69, 9.17) is 4.74 Å². The maximum absolute atomic E-state index is 12.7. The van der Waals surface area contributed by atoms with Gasteiger partial charge >= 0.3 is 6.03 Å². The number of carbonyl (C=O) groups is 1. The molecule has 0 aromatic heterocycles. The Bertz CT molecular complexity index is 787. The minimum absolute atomic E-state index is 0.0492. The molecule has 2 aromatic rings. The lowest BCUT2D eigenvalue weighted by molar-refractivity contribution is 0.183. The summed E-state index contributed by atoms with van der Waals surface area (Å²) in [6.45, 7) is 5.50. The second kappa shape index (κ2) is 8.55.